The van der Waals surface area contributed by atoms with Crippen LogP contribution in [0.25, 0.3) is 0 Å². The maximum atomic E-state index is 11.8. The molecule has 2 unspecified atom stereocenters. The monoisotopic (exact) mass is 351 g/mol. The molecule has 1 aromatic rings. The van der Waals surface area contributed by atoms with Gasteiger partial charge >= 0.3 is 0 Å². The van der Waals surface area contributed by atoms with E-state index in [0.717, 1.165) is 19.3 Å². The van der Waals surface area contributed by atoms with Crippen LogP contribution in [0.3, 0.4) is 0 Å². The topological polar surface area (TPSA) is 58.6 Å². The van der Waals surface area contributed by atoms with Crippen LogP contribution in [0.1, 0.15) is 25.7 Å². The van der Waals surface area contributed by atoms with Gasteiger partial charge in [-0.15, -0.1) is 0 Å². The van der Waals surface area contributed by atoms with Crippen LogP contribution in [-0.4, -0.2) is 29.8 Å². The number of carbonyl (C=O) groups excluding carboxylic acids is 1. The van der Waals surface area contributed by atoms with Gasteiger partial charge in [-0.2, -0.15) is 0 Å². The minimum Gasteiger partial charge on any atom is -0.482 e. The van der Waals surface area contributed by atoms with Crippen LogP contribution in [0.5, 0.6) is 5.75 Å². The quantitative estimate of drug-likeness (QED) is 0.816. The maximum absolute atomic E-state index is 11.8. The molecule has 116 valence electrons. The molecule has 1 aromatic carbocycles. The van der Waals surface area contributed by atoms with E-state index in [4.69, 9.17) is 39.5 Å². The van der Waals surface area contributed by atoms with Crippen molar-refractivity contribution < 1.29 is 14.6 Å². The van der Waals surface area contributed by atoms with Crippen LogP contribution >= 0.6 is 34.8 Å². The van der Waals surface area contributed by atoms with Gasteiger partial charge in [0.25, 0.3) is 5.91 Å². The molecule has 1 saturated carbocycles. The van der Waals surface area contributed by atoms with Crippen LogP contribution in [0.15, 0.2) is 12.1 Å². The zero-order valence-corrected chi connectivity index (χ0v) is 13.5. The first-order chi connectivity index (χ1) is 9.97. The largest absolute Gasteiger partial charge is 0.482 e. The molecule has 4 nitrogen and oxygen atoms in total. The Morgan fingerprint density at radius 1 is 1.19 bits per heavy atom. The summed E-state index contributed by atoms with van der Waals surface area (Å²) in [5.74, 6) is -0.00602. The molecule has 1 amide bonds. The number of benzene rings is 1. The van der Waals surface area contributed by atoms with Crippen molar-refractivity contribution in [3.05, 3.63) is 27.2 Å². The van der Waals surface area contributed by atoms with Crippen molar-refractivity contribution in [1.82, 2.24) is 5.32 Å². The number of rotatable bonds is 4. The second-order valence-electron chi connectivity index (χ2n) is 5.01. The molecule has 2 rings (SSSR count). The fraction of sp³-hybridized carbons (Fsp3) is 0.500. The van der Waals surface area contributed by atoms with Crippen LogP contribution in [0.4, 0.5) is 0 Å². The summed E-state index contributed by atoms with van der Waals surface area (Å²) in [4.78, 5) is 11.8. The first-order valence-electron chi connectivity index (χ1n) is 6.72. The highest BCUT2D eigenvalue weighted by molar-refractivity contribution is 6.43. The third-order valence-electron chi connectivity index (χ3n) is 3.41. The van der Waals surface area contributed by atoms with Crippen LogP contribution in [0.2, 0.25) is 15.1 Å². The Hall–Kier alpha value is -0.680. The molecule has 0 heterocycles. The zero-order chi connectivity index (χ0) is 15.4. The highest BCUT2D eigenvalue weighted by atomic mass is 35.5. The summed E-state index contributed by atoms with van der Waals surface area (Å²) in [6.07, 6.45) is 2.99. The first kappa shape index (κ1) is 16.7. The van der Waals surface area contributed by atoms with Gasteiger partial charge in [0.15, 0.2) is 6.61 Å². The van der Waals surface area contributed by atoms with Crippen LogP contribution in [-0.2, 0) is 4.79 Å². The lowest BCUT2D eigenvalue weighted by atomic mass is 9.92. The van der Waals surface area contributed by atoms with Gasteiger partial charge in [-0.1, -0.05) is 47.6 Å². The minimum atomic E-state index is -0.490. The Balaban J connectivity index is 1.88. The van der Waals surface area contributed by atoms with E-state index >= 15 is 0 Å². The molecular weight excluding hydrogens is 337 g/mol. The van der Waals surface area contributed by atoms with E-state index in [1.165, 1.54) is 12.1 Å². The van der Waals surface area contributed by atoms with Crippen molar-refractivity contribution in [2.45, 2.75) is 37.8 Å². The predicted octanol–water partition coefficient (Wildman–Crippen LogP) is 3.45. The Morgan fingerprint density at radius 2 is 1.86 bits per heavy atom. The second-order valence-corrected chi connectivity index (χ2v) is 6.23. The second kappa shape index (κ2) is 7.54. The van der Waals surface area contributed by atoms with Gasteiger partial charge in [0.1, 0.15) is 5.75 Å². The van der Waals surface area contributed by atoms with Crippen molar-refractivity contribution >= 4 is 40.7 Å². The van der Waals surface area contributed by atoms with E-state index in [2.05, 4.69) is 5.32 Å². The van der Waals surface area contributed by atoms with Gasteiger partial charge in [0.2, 0.25) is 0 Å². The summed E-state index contributed by atoms with van der Waals surface area (Å²) < 4.78 is 5.34. The van der Waals surface area contributed by atoms with Crippen LogP contribution in [0, 0.1) is 0 Å². The average Bonchev–Trinajstić information content (AvgIpc) is 2.44. The summed E-state index contributed by atoms with van der Waals surface area (Å²) in [5.41, 5.74) is 0. The van der Waals surface area contributed by atoms with E-state index in [1.54, 1.807) is 0 Å². The van der Waals surface area contributed by atoms with E-state index in [0.29, 0.717) is 22.2 Å². The molecule has 2 N–H and O–H groups in total. The van der Waals surface area contributed by atoms with Gasteiger partial charge in [-0.05, 0) is 18.9 Å². The van der Waals surface area contributed by atoms with E-state index in [9.17, 15) is 9.90 Å². The molecule has 7 heteroatoms. The average molecular weight is 353 g/mol. The number of nitrogens with one attached hydrogen (secondary N) is 1. The Kier molecular flexibility index (Phi) is 5.99. The molecule has 0 aliphatic heterocycles. The number of carbonyl (C=O) groups is 1. The highest BCUT2D eigenvalue weighted by Crippen LogP contribution is 2.33. The predicted molar refractivity (Wildman–Crippen MR) is 83.4 cm³/mol. The normalized spacial score (nSPS) is 21.9. The van der Waals surface area contributed by atoms with Crippen molar-refractivity contribution in [3.63, 3.8) is 0 Å². The molecule has 2 atom stereocenters. The molecule has 1 aliphatic carbocycles. The SMILES string of the molecule is O=C(COc1cc(Cl)c(Cl)cc1Cl)NC1CCCCC1O. The molecule has 0 spiro atoms. The standard InChI is InChI=1S/C14H16Cl3NO3/c15-8-5-10(17)13(6-9(8)16)21-7-14(20)18-11-3-1-2-4-12(11)19/h5-6,11-12,19H,1-4,7H2,(H,18,20). The number of halogens is 3. The van der Waals surface area contributed by atoms with Crippen molar-refractivity contribution in [2.24, 2.45) is 0 Å². The molecule has 0 saturated heterocycles. The summed E-state index contributed by atoms with van der Waals surface area (Å²) >= 11 is 17.6. The number of hydrogen-bond donors (Lipinski definition) is 2. The molecule has 0 aromatic heterocycles. The van der Waals surface area contributed by atoms with Crippen molar-refractivity contribution in [1.29, 1.82) is 0 Å². The van der Waals surface area contributed by atoms with Crippen LogP contribution < -0.4 is 10.1 Å². The van der Waals surface area contributed by atoms with Gasteiger partial charge in [0, 0.05) is 6.07 Å². The minimum absolute atomic E-state index is 0.194. The lowest BCUT2D eigenvalue weighted by molar-refractivity contribution is -0.125. The number of hydrogen-bond acceptors (Lipinski definition) is 3. The molecule has 0 bridgehead atoms. The molecular formula is C14H16Cl3NO3. The Bertz CT molecular complexity index is 524. The summed E-state index contributed by atoms with van der Waals surface area (Å²) in [6.45, 7) is -0.194. The lowest BCUT2D eigenvalue weighted by Crippen LogP contribution is -2.46. The number of aliphatic hydroxyl groups excluding tert-OH is 1. The fourth-order valence-corrected chi connectivity index (χ4v) is 2.88. The Labute approximate surface area is 138 Å². The lowest BCUT2D eigenvalue weighted by Gasteiger charge is -2.28. The summed E-state index contributed by atoms with van der Waals surface area (Å²) in [6, 6.07) is 2.72. The highest BCUT2D eigenvalue weighted by Gasteiger charge is 2.24. The number of aliphatic hydroxyl groups is 1. The van der Waals surface area contributed by atoms with Crippen molar-refractivity contribution in [2.75, 3.05) is 6.61 Å². The zero-order valence-electron chi connectivity index (χ0n) is 11.2. The van der Waals surface area contributed by atoms with E-state index in [-0.39, 0.29) is 23.6 Å². The van der Waals surface area contributed by atoms with Gasteiger partial charge in [0.05, 0.1) is 27.2 Å². The third-order valence-corrected chi connectivity index (χ3v) is 4.43. The molecule has 0 radical (unpaired) electrons. The maximum Gasteiger partial charge on any atom is 0.258 e. The Morgan fingerprint density at radius 3 is 2.57 bits per heavy atom. The van der Waals surface area contributed by atoms with Gasteiger partial charge in [-0.3, -0.25) is 4.79 Å². The first-order valence-corrected chi connectivity index (χ1v) is 7.85. The summed E-state index contributed by atoms with van der Waals surface area (Å²) in [7, 11) is 0. The van der Waals surface area contributed by atoms with E-state index in [1.807, 2.05) is 0 Å². The van der Waals surface area contributed by atoms with Crippen molar-refractivity contribution in [3.8, 4) is 5.75 Å². The van der Waals surface area contributed by atoms with E-state index < -0.39 is 6.10 Å². The fourth-order valence-electron chi connectivity index (χ4n) is 2.29. The van der Waals surface area contributed by atoms with Gasteiger partial charge in [-0.25, -0.2) is 0 Å². The molecule has 1 aliphatic rings. The molecule has 1 fully saturated rings. The number of amides is 1. The molecule has 21 heavy (non-hydrogen) atoms. The third kappa shape index (κ3) is 4.65. The number of ether oxygens (including phenoxy) is 1. The summed E-state index contributed by atoms with van der Waals surface area (Å²) in [5, 5.41) is 13.5. The van der Waals surface area contributed by atoms with Gasteiger partial charge < -0.3 is 15.2 Å². The smallest absolute Gasteiger partial charge is 0.258 e.